The van der Waals surface area contributed by atoms with Crippen molar-refractivity contribution in [3.8, 4) is 0 Å². The highest BCUT2D eigenvalue weighted by molar-refractivity contribution is 7.89. The highest BCUT2D eigenvalue weighted by Gasteiger charge is 2.33. The van der Waals surface area contributed by atoms with E-state index >= 15 is 0 Å². The van der Waals surface area contributed by atoms with Crippen LogP contribution in [-0.2, 0) is 19.5 Å². The summed E-state index contributed by atoms with van der Waals surface area (Å²) in [6.45, 7) is 3.88. The monoisotopic (exact) mass is 320 g/mol. The Labute approximate surface area is 123 Å². The highest BCUT2D eigenvalue weighted by Crippen LogP contribution is 2.21. The molecule has 0 bridgehead atoms. The quantitative estimate of drug-likeness (QED) is 0.742. The first-order valence-electron chi connectivity index (χ1n) is 6.71. The molecule has 0 radical (unpaired) electrons. The molecule has 0 spiro atoms. The molecule has 1 aliphatic heterocycles. The summed E-state index contributed by atoms with van der Waals surface area (Å²) in [4.78, 5) is 0.0647. The van der Waals surface area contributed by atoms with Crippen LogP contribution in [0.25, 0.3) is 0 Å². The van der Waals surface area contributed by atoms with Crippen LogP contribution in [0.2, 0.25) is 0 Å². The van der Waals surface area contributed by atoms with Crippen molar-refractivity contribution in [3.05, 3.63) is 11.5 Å². The second-order valence-corrected chi connectivity index (χ2v) is 6.53. The Kier molecular flexibility index (Phi) is 5.33. The van der Waals surface area contributed by atoms with E-state index < -0.39 is 22.2 Å². The molecule has 120 valence electrons. The van der Waals surface area contributed by atoms with Crippen molar-refractivity contribution in [1.29, 1.82) is 0 Å². The van der Waals surface area contributed by atoms with Gasteiger partial charge in [0, 0.05) is 6.61 Å². The molecule has 0 saturated carbocycles. The lowest BCUT2D eigenvalue weighted by Gasteiger charge is -2.31. The Bertz CT molecular complexity index is 551. The third kappa shape index (κ3) is 3.80. The van der Waals surface area contributed by atoms with E-state index in [-0.39, 0.29) is 30.5 Å². The maximum atomic E-state index is 12.5. The van der Waals surface area contributed by atoms with Crippen molar-refractivity contribution >= 4 is 10.0 Å². The summed E-state index contributed by atoms with van der Waals surface area (Å²) in [7, 11) is -3.74. The second-order valence-electron chi connectivity index (χ2n) is 4.88. The van der Waals surface area contributed by atoms with Crippen molar-refractivity contribution in [2.24, 2.45) is 0 Å². The molecule has 1 fully saturated rings. The molecule has 2 N–H and O–H groups in total. The number of aromatic nitrogens is 1. The molecule has 0 unspecified atom stereocenters. The van der Waals surface area contributed by atoms with Crippen molar-refractivity contribution < 1.29 is 27.5 Å². The number of rotatable bonds is 6. The number of aliphatic hydroxyl groups is 1. The van der Waals surface area contributed by atoms with Crippen molar-refractivity contribution in [2.75, 3.05) is 26.4 Å². The average molecular weight is 320 g/mol. The van der Waals surface area contributed by atoms with Gasteiger partial charge in [0.1, 0.15) is 10.6 Å². The molecule has 1 aliphatic rings. The number of hydrogen-bond donors (Lipinski definition) is 2. The van der Waals surface area contributed by atoms with Gasteiger partial charge in [0.05, 0.1) is 32.0 Å². The van der Waals surface area contributed by atoms with E-state index in [4.69, 9.17) is 19.1 Å². The minimum atomic E-state index is -3.74. The molecule has 2 atom stereocenters. The van der Waals surface area contributed by atoms with Crippen LogP contribution < -0.4 is 4.72 Å². The van der Waals surface area contributed by atoms with Crippen molar-refractivity contribution in [1.82, 2.24) is 9.88 Å². The van der Waals surface area contributed by atoms with Gasteiger partial charge in [0.2, 0.25) is 10.0 Å². The number of hydrogen-bond acceptors (Lipinski definition) is 7. The maximum absolute atomic E-state index is 12.5. The molecular formula is C12H20N2O6S. The van der Waals surface area contributed by atoms with Gasteiger partial charge >= 0.3 is 0 Å². The predicted molar refractivity (Wildman–Crippen MR) is 72.3 cm³/mol. The summed E-state index contributed by atoms with van der Waals surface area (Å²) in [5, 5.41) is 12.5. The van der Waals surface area contributed by atoms with Gasteiger partial charge < -0.3 is 19.1 Å². The van der Waals surface area contributed by atoms with Gasteiger partial charge in [-0.1, -0.05) is 5.16 Å². The van der Waals surface area contributed by atoms with Crippen molar-refractivity contribution in [2.45, 2.75) is 37.3 Å². The molecule has 21 heavy (non-hydrogen) atoms. The minimum Gasteiger partial charge on any atom is -0.394 e. The summed E-state index contributed by atoms with van der Waals surface area (Å²) in [6, 6.07) is -0.413. The lowest BCUT2D eigenvalue weighted by molar-refractivity contribution is -0.0714. The Hall–Kier alpha value is -1.00. The predicted octanol–water partition coefficient (Wildman–Crippen LogP) is -0.264. The number of ether oxygens (including phenoxy) is 2. The standard InChI is InChI=1S/C12H20N2O6S/c1-8-12(9(2)20-13-8)21(16,17)14-10-3-5-18-7-11(10)19-6-4-15/h10-11,14-15H,3-7H2,1-2H3/t10-,11-/m1/s1. The lowest BCUT2D eigenvalue weighted by Crippen LogP contribution is -2.50. The van der Waals surface area contributed by atoms with Crippen LogP contribution in [0, 0.1) is 13.8 Å². The molecule has 2 rings (SSSR count). The minimum absolute atomic E-state index is 0.0647. The van der Waals surface area contributed by atoms with Gasteiger partial charge in [-0.05, 0) is 20.3 Å². The van der Waals surface area contributed by atoms with Gasteiger partial charge in [0.15, 0.2) is 5.76 Å². The lowest BCUT2D eigenvalue weighted by atomic mass is 10.1. The van der Waals surface area contributed by atoms with Crippen LogP contribution in [0.1, 0.15) is 17.9 Å². The SMILES string of the molecule is Cc1noc(C)c1S(=O)(=O)N[C@@H]1CCOC[C@H]1OCCO. The molecule has 0 aromatic carbocycles. The maximum Gasteiger partial charge on any atom is 0.246 e. The number of sulfonamides is 1. The van der Waals surface area contributed by atoms with E-state index in [1.807, 2.05) is 0 Å². The molecule has 2 heterocycles. The smallest absolute Gasteiger partial charge is 0.246 e. The van der Waals surface area contributed by atoms with E-state index in [1.165, 1.54) is 0 Å². The first kappa shape index (κ1) is 16.4. The summed E-state index contributed by atoms with van der Waals surface area (Å²) in [5.74, 6) is 0.250. The van der Waals surface area contributed by atoms with Crippen LogP contribution in [0.3, 0.4) is 0 Å². The summed E-state index contributed by atoms with van der Waals surface area (Å²) in [5.41, 5.74) is 0.319. The number of nitrogens with zero attached hydrogens (tertiary/aromatic N) is 1. The van der Waals surface area contributed by atoms with E-state index in [0.29, 0.717) is 18.7 Å². The number of aliphatic hydroxyl groups excluding tert-OH is 1. The summed E-state index contributed by atoms with van der Waals surface area (Å²) < 4.78 is 43.2. The molecule has 1 saturated heterocycles. The van der Waals surface area contributed by atoms with Crippen molar-refractivity contribution in [3.63, 3.8) is 0 Å². The second kappa shape index (κ2) is 6.84. The zero-order valence-electron chi connectivity index (χ0n) is 12.0. The fourth-order valence-electron chi connectivity index (χ4n) is 2.33. The van der Waals surface area contributed by atoms with Gasteiger partial charge in [-0.3, -0.25) is 0 Å². The fraction of sp³-hybridized carbons (Fsp3) is 0.750. The Morgan fingerprint density at radius 2 is 2.24 bits per heavy atom. The van der Waals surface area contributed by atoms with Gasteiger partial charge in [-0.15, -0.1) is 0 Å². The van der Waals surface area contributed by atoms with Gasteiger partial charge in [0.25, 0.3) is 0 Å². The van der Waals surface area contributed by atoms with E-state index in [1.54, 1.807) is 13.8 Å². The van der Waals surface area contributed by atoms with Crippen LogP contribution in [-0.4, -0.2) is 57.3 Å². The summed E-state index contributed by atoms with van der Waals surface area (Å²) >= 11 is 0. The molecule has 0 aliphatic carbocycles. The summed E-state index contributed by atoms with van der Waals surface area (Å²) in [6.07, 6.45) is 0.0692. The third-order valence-electron chi connectivity index (χ3n) is 3.27. The highest BCUT2D eigenvalue weighted by atomic mass is 32.2. The fourth-order valence-corrected chi connectivity index (χ4v) is 3.96. The van der Waals surface area contributed by atoms with Crippen LogP contribution in [0.15, 0.2) is 9.42 Å². The van der Waals surface area contributed by atoms with Crippen LogP contribution in [0.5, 0.6) is 0 Å². The van der Waals surface area contributed by atoms with E-state index in [0.717, 1.165) is 0 Å². The zero-order chi connectivity index (χ0) is 15.5. The number of aryl methyl sites for hydroxylation is 2. The normalized spacial score (nSPS) is 23.4. The zero-order valence-corrected chi connectivity index (χ0v) is 12.9. The van der Waals surface area contributed by atoms with Gasteiger partial charge in [-0.2, -0.15) is 0 Å². The third-order valence-corrected chi connectivity index (χ3v) is 5.00. The molecule has 0 amide bonds. The number of nitrogens with one attached hydrogen (secondary N) is 1. The molecule has 8 nitrogen and oxygen atoms in total. The van der Waals surface area contributed by atoms with E-state index in [2.05, 4.69) is 9.88 Å². The Balaban J connectivity index is 2.14. The van der Waals surface area contributed by atoms with Crippen LogP contribution >= 0.6 is 0 Å². The largest absolute Gasteiger partial charge is 0.394 e. The Morgan fingerprint density at radius 3 is 2.86 bits per heavy atom. The molecule has 1 aromatic rings. The Morgan fingerprint density at radius 1 is 1.48 bits per heavy atom. The van der Waals surface area contributed by atoms with E-state index in [9.17, 15) is 8.42 Å². The van der Waals surface area contributed by atoms with Crippen LogP contribution in [0.4, 0.5) is 0 Å². The molecule has 1 aromatic heterocycles. The molecule has 9 heteroatoms. The topological polar surface area (TPSA) is 111 Å². The first-order valence-corrected chi connectivity index (χ1v) is 8.19. The van der Waals surface area contributed by atoms with Gasteiger partial charge in [-0.25, -0.2) is 13.1 Å². The average Bonchev–Trinajstić information content (AvgIpc) is 2.77. The molecular weight excluding hydrogens is 300 g/mol. The first-order chi connectivity index (χ1) is 9.95.